The van der Waals surface area contributed by atoms with Gasteiger partial charge < -0.3 is 5.32 Å². The zero-order valence-electron chi connectivity index (χ0n) is 11.6. The molecule has 124 valence electrons. The van der Waals surface area contributed by atoms with Gasteiger partial charge >= 0.3 is 0 Å². The number of nitrogens with one attached hydrogen (secondary N) is 1. The molecule has 2 saturated heterocycles. The third-order valence-corrected chi connectivity index (χ3v) is 6.14. The summed E-state index contributed by atoms with van der Waals surface area (Å²) in [6, 6.07) is 0.218. The number of benzene rings is 1. The van der Waals surface area contributed by atoms with E-state index in [9.17, 15) is 21.6 Å². The first-order valence-electron chi connectivity index (χ1n) is 6.80. The van der Waals surface area contributed by atoms with Crippen molar-refractivity contribution in [3.8, 4) is 0 Å². The summed E-state index contributed by atoms with van der Waals surface area (Å²) >= 11 is 0. The van der Waals surface area contributed by atoms with E-state index in [2.05, 4.69) is 5.32 Å². The zero-order chi connectivity index (χ0) is 15.2. The number of hydrogen-bond acceptors (Lipinski definition) is 3. The lowest BCUT2D eigenvalue weighted by molar-refractivity contribution is 0.332. The predicted octanol–water partition coefficient (Wildman–Crippen LogP) is 2.04. The predicted molar refractivity (Wildman–Crippen MR) is 76.9 cm³/mol. The number of fused-ring (bicyclic) bond motifs is 2. The molecule has 2 unspecified atom stereocenters. The molecule has 0 spiro atoms. The van der Waals surface area contributed by atoms with E-state index in [-0.39, 0.29) is 30.6 Å². The molecule has 2 fully saturated rings. The van der Waals surface area contributed by atoms with Crippen LogP contribution in [0.4, 0.5) is 13.2 Å². The molecular formula is C13H16ClF3N2O2S. The van der Waals surface area contributed by atoms with Gasteiger partial charge in [-0.1, -0.05) is 0 Å². The maximum Gasteiger partial charge on any atom is 0.246 e. The van der Waals surface area contributed by atoms with Crippen LogP contribution < -0.4 is 5.32 Å². The number of sulfonamides is 1. The molecule has 0 radical (unpaired) electrons. The Kier molecular flexibility index (Phi) is 5.06. The van der Waals surface area contributed by atoms with E-state index >= 15 is 0 Å². The van der Waals surface area contributed by atoms with Crippen LogP contribution in [-0.4, -0.2) is 37.9 Å². The molecule has 1 N–H and O–H groups in total. The quantitative estimate of drug-likeness (QED) is 0.825. The minimum atomic E-state index is -4.18. The Morgan fingerprint density at radius 3 is 2.36 bits per heavy atom. The van der Waals surface area contributed by atoms with Gasteiger partial charge in [-0.05, 0) is 31.9 Å². The highest BCUT2D eigenvalue weighted by atomic mass is 35.5. The lowest BCUT2D eigenvalue weighted by Crippen LogP contribution is -2.42. The monoisotopic (exact) mass is 356 g/mol. The van der Waals surface area contributed by atoms with Crippen LogP contribution in [-0.2, 0) is 10.0 Å². The molecule has 0 saturated carbocycles. The summed E-state index contributed by atoms with van der Waals surface area (Å²) in [6.07, 6.45) is 2.01. The van der Waals surface area contributed by atoms with Gasteiger partial charge in [0, 0.05) is 24.7 Å². The first kappa shape index (κ1) is 17.5. The van der Waals surface area contributed by atoms with Crippen LogP contribution in [0.5, 0.6) is 0 Å². The van der Waals surface area contributed by atoms with E-state index in [1.807, 2.05) is 0 Å². The molecule has 2 aliphatic rings. The van der Waals surface area contributed by atoms with Crippen LogP contribution in [0.15, 0.2) is 17.0 Å². The lowest BCUT2D eigenvalue weighted by Gasteiger charge is -2.27. The highest BCUT2D eigenvalue weighted by Crippen LogP contribution is 2.34. The third kappa shape index (κ3) is 2.84. The van der Waals surface area contributed by atoms with E-state index in [0.717, 1.165) is 0 Å². The van der Waals surface area contributed by atoms with E-state index in [4.69, 9.17) is 0 Å². The Morgan fingerprint density at radius 2 is 1.64 bits per heavy atom. The molecule has 0 amide bonds. The van der Waals surface area contributed by atoms with Gasteiger partial charge in [-0.3, -0.25) is 0 Å². The summed E-state index contributed by atoms with van der Waals surface area (Å²) in [5, 5.41) is 3.13. The average Bonchev–Trinajstić information content (AvgIpc) is 2.68. The van der Waals surface area contributed by atoms with Crippen molar-refractivity contribution in [1.29, 1.82) is 0 Å². The van der Waals surface area contributed by atoms with E-state index < -0.39 is 32.4 Å². The molecule has 2 heterocycles. The lowest BCUT2D eigenvalue weighted by atomic mass is 10.1. The standard InChI is InChI=1S/C13H15F3N2O2S.ClH/c14-10-5-12(16)13(6-11(10)15)21(19,20)18-8-1-2-9(18)7-17-4-3-8;/h5-6,8-9,17H,1-4,7H2;1H. The Hall–Kier alpha value is -0.830. The molecule has 1 aromatic carbocycles. The maximum atomic E-state index is 13.8. The number of rotatable bonds is 2. The topological polar surface area (TPSA) is 49.4 Å². The zero-order valence-corrected chi connectivity index (χ0v) is 13.2. The van der Waals surface area contributed by atoms with Gasteiger partial charge in [0.25, 0.3) is 0 Å². The molecular weight excluding hydrogens is 341 g/mol. The van der Waals surface area contributed by atoms with Crippen LogP contribution >= 0.6 is 12.4 Å². The van der Waals surface area contributed by atoms with Crippen LogP contribution in [0, 0.1) is 17.5 Å². The summed E-state index contributed by atoms with van der Waals surface area (Å²) in [5.74, 6) is -4.02. The van der Waals surface area contributed by atoms with Gasteiger partial charge in [-0.2, -0.15) is 4.31 Å². The molecule has 0 aliphatic carbocycles. The van der Waals surface area contributed by atoms with Crippen molar-refractivity contribution in [3.63, 3.8) is 0 Å². The van der Waals surface area contributed by atoms with Crippen molar-refractivity contribution in [2.24, 2.45) is 0 Å². The van der Waals surface area contributed by atoms with Crippen molar-refractivity contribution in [2.75, 3.05) is 13.1 Å². The van der Waals surface area contributed by atoms with E-state index in [1.165, 1.54) is 4.31 Å². The second-order valence-corrected chi connectivity index (χ2v) is 7.22. The molecule has 2 bridgehead atoms. The van der Waals surface area contributed by atoms with Crippen molar-refractivity contribution in [2.45, 2.75) is 36.2 Å². The fourth-order valence-corrected chi connectivity index (χ4v) is 5.11. The van der Waals surface area contributed by atoms with Gasteiger partial charge in [0.05, 0.1) is 0 Å². The van der Waals surface area contributed by atoms with Gasteiger partial charge in [-0.15, -0.1) is 12.4 Å². The molecule has 3 rings (SSSR count). The van der Waals surface area contributed by atoms with Crippen LogP contribution in [0.3, 0.4) is 0 Å². The number of hydrogen-bond donors (Lipinski definition) is 1. The second-order valence-electron chi connectivity index (χ2n) is 5.41. The summed E-state index contributed by atoms with van der Waals surface area (Å²) in [4.78, 5) is -0.791. The molecule has 2 aliphatic heterocycles. The van der Waals surface area contributed by atoms with Gasteiger partial charge in [0.15, 0.2) is 11.6 Å². The summed E-state index contributed by atoms with van der Waals surface area (Å²) < 4.78 is 66.7. The van der Waals surface area contributed by atoms with Crippen molar-refractivity contribution in [1.82, 2.24) is 9.62 Å². The van der Waals surface area contributed by atoms with Crippen molar-refractivity contribution < 1.29 is 21.6 Å². The largest absolute Gasteiger partial charge is 0.315 e. The number of nitrogens with zero attached hydrogens (tertiary/aromatic N) is 1. The Balaban J connectivity index is 0.00000176. The van der Waals surface area contributed by atoms with Gasteiger partial charge in [0.2, 0.25) is 10.0 Å². The SMILES string of the molecule is Cl.O=S(=O)(c1cc(F)c(F)cc1F)N1C2CCNCC1CC2. The third-order valence-electron chi connectivity index (χ3n) is 4.12. The molecule has 4 nitrogen and oxygen atoms in total. The average molecular weight is 357 g/mol. The first-order chi connectivity index (χ1) is 9.91. The molecule has 1 aromatic rings. The molecule has 0 aromatic heterocycles. The van der Waals surface area contributed by atoms with Crippen LogP contribution in [0.2, 0.25) is 0 Å². The minimum absolute atomic E-state index is 0. The van der Waals surface area contributed by atoms with Gasteiger partial charge in [0.1, 0.15) is 10.7 Å². The molecule has 9 heteroatoms. The summed E-state index contributed by atoms with van der Waals surface area (Å²) in [6.45, 7) is 1.18. The fraction of sp³-hybridized carbons (Fsp3) is 0.538. The fourth-order valence-electron chi connectivity index (χ4n) is 3.15. The van der Waals surface area contributed by atoms with Crippen molar-refractivity contribution >= 4 is 22.4 Å². The summed E-state index contributed by atoms with van der Waals surface area (Å²) in [5.41, 5.74) is 0. The molecule has 2 atom stereocenters. The van der Waals surface area contributed by atoms with Crippen LogP contribution in [0.1, 0.15) is 19.3 Å². The summed E-state index contributed by atoms with van der Waals surface area (Å²) in [7, 11) is -4.18. The first-order valence-corrected chi connectivity index (χ1v) is 8.24. The normalized spacial score (nSPS) is 25.6. The highest BCUT2D eigenvalue weighted by molar-refractivity contribution is 7.89. The van der Waals surface area contributed by atoms with E-state index in [0.29, 0.717) is 38.4 Å². The van der Waals surface area contributed by atoms with E-state index in [1.54, 1.807) is 0 Å². The highest BCUT2D eigenvalue weighted by Gasteiger charge is 2.44. The van der Waals surface area contributed by atoms with Gasteiger partial charge in [-0.25, -0.2) is 21.6 Å². The number of halogens is 4. The van der Waals surface area contributed by atoms with Crippen LogP contribution in [0.25, 0.3) is 0 Å². The maximum absolute atomic E-state index is 13.8. The second kappa shape index (κ2) is 6.35. The Labute approximate surface area is 133 Å². The Morgan fingerprint density at radius 1 is 1.00 bits per heavy atom. The van der Waals surface area contributed by atoms with Crippen molar-refractivity contribution in [3.05, 3.63) is 29.6 Å². The molecule has 22 heavy (non-hydrogen) atoms. The smallest absolute Gasteiger partial charge is 0.246 e. The Bertz CT molecular complexity index is 657. The minimum Gasteiger partial charge on any atom is -0.315 e.